The first kappa shape index (κ1) is 14.6. The van der Waals surface area contributed by atoms with Crippen molar-refractivity contribution in [2.45, 2.75) is 50.8 Å². The maximum Gasteiger partial charge on any atom is 0.157 e. The van der Waals surface area contributed by atoms with E-state index in [4.69, 9.17) is 14.6 Å². The Morgan fingerprint density at radius 3 is 2.82 bits per heavy atom. The Morgan fingerprint density at radius 2 is 2.24 bits per heavy atom. The maximum atomic E-state index is 9.87. The van der Waals surface area contributed by atoms with Crippen molar-refractivity contribution in [2.24, 2.45) is 0 Å². The van der Waals surface area contributed by atoms with Gasteiger partial charge in [0.15, 0.2) is 6.29 Å². The lowest BCUT2D eigenvalue weighted by molar-refractivity contribution is -0.216. The lowest BCUT2D eigenvalue weighted by Gasteiger charge is -2.34. The van der Waals surface area contributed by atoms with Crippen LogP contribution in [0.3, 0.4) is 0 Å². The van der Waals surface area contributed by atoms with E-state index in [-0.39, 0.29) is 12.9 Å². The van der Waals surface area contributed by atoms with E-state index in [1.807, 2.05) is 0 Å². The summed E-state index contributed by atoms with van der Waals surface area (Å²) < 4.78 is 10.6. The molecule has 1 aliphatic heterocycles. The topological polar surface area (TPSA) is 79.2 Å². The molecule has 0 aromatic carbocycles. The molecule has 2 unspecified atom stereocenters. The molecule has 1 fully saturated rings. The standard InChI is InChI=1S/C12H22O5/c1-8(5-6-13)10(15)7-11-9(14)3-4-12(16-2)17-11/h5,9-15H,3-4,6-7H2,1-2H3/b8-5-/t9-,10?,11+,12?/m0/s1. The van der Waals surface area contributed by atoms with E-state index in [1.54, 1.807) is 20.1 Å². The minimum atomic E-state index is -0.711. The number of methoxy groups -OCH3 is 1. The van der Waals surface area contributed by atoms with Crippen LogP contribution in [0.2, 0.25) is 0 Å². The highest BCUT2D eigenvalue weighted by atomic mass is 16.7. The second-order valence-corrected chi connectivity index (χ2v) is 4.37. The Bertz CT molecular complexity index is 253. The predicted molar refractivity (Wildman–Crippen MR) is 62.4 cm³/mol. The van der Waals surface area contributed by atoms with Gasteiger partial charge in [-0.25, -0.2) is 0 Å². The normalized spacial score (nSPS) is 32.5. The summed E-state index contributed by atoms with van der Waals surface area (Å²) in [7, 11) is 1.56. The second kappa shape index (κ2) is 7.08. The molecule has 0 aromatic rings. The summed E-state index contributed by atoms with van der Waals surface area (Å²) in [5, 5.41) is 28.4. The van der Waals surface area contributed by atoms with Crippen LogP contribution in [-0.4, -0.2) is 53.6 Å². The van der Waals surface area contributed by atoms with Gasteiger partial charge in [0, 0.05) is 20.0 Å². The van der Waals surface area contributed by atoms with Crippen molar-refractivity contribution in [1.82, 2.24) is 0 Å². The van der Waals surface area contributed by atoms with Crippen LogP contribution < -0.4 is 0 Å². The summed E-state index contributed by atoms with van der Waals surface area (Å²) in [6.07, 6.45) is 1.12. The van der Waals surface area contributed by atoms with Crippen LogP contribution in [0, 0.1) is 0 Å². The molecular weight excluding hydrogens is 224 g/mol. The highest BCUT2D eigenvalue weighted by Gasteiger charge is 2.31. The Kier molecular flexibility index (Phi) is 6.08. The molecule has 0 aliphatic carbocycles. The minimum Gasteiger partial charge on any atom is -0.392 e. The molecular formula is C12H22O5. The lowest BCUT2D eigenvalue weighted by atomic mass is 9.96. The minimum absolute atomic E-state index is 0.0995. The Balaban J connectivity index is 2.50. The summed E-state index contributed by atoms with van der Waals surface area (Å²) in [4.78, 5) is 0. The van der Waals surface area contributed by atoms with Gasteiger partial charge in [0.2, 0.25) is 0 Å². The van der Waals surface area contributed by atoms with Crippen molar-refractivity contribution >= 4 is 0 Å². The van der Waals surface area contributed by atoms with E-state index in [0.717, 1.165) is 0 Å². The Hall–Kier alpha value is -0.460. The van der Waals surface area contributed by atoms with Gasteiger partial charge in [-0.2, -0.15) is 0 Å². The van der Waals surface area contributed by atoms with E-state index in [2.05, 4.69) is 0 Å². The molecule has 0 amide bonds. The van der Waals surface area contributed by atoms with Crippen LogP contribution in [-0.2, 0) is 9.47 Å². The summed E-state index contributed by atoms with van der Waals surface area (Å²) in [5.41, 5.74) is 0.683. The molecule has 4 atom stereocenters. The first-order chi connectivity index (χ1) is 8.08. The molecule has 0 spiro atoms. The van der Waals surface area contributed by atoms with Crippen molar-refractivity contribution < 1.29 is 24.8 Å². The van der Waals surface area contributed by atoms with Crippen molar-refractivity contribution in [2.75, 3.05) is 13.7 Å². The Morgan fingerprint density at radius 1 is 1.53 bits per heavy atom. The van der Waals surface area contributed by atoms with Crippen LogP contribution in [0.1, 0.15) is 26.2 Å². The molecule has 5 heteroatoms. The lowest BCUT2D eigenvalue weighted by Crippen LogP contribution is -2.41. The summed E-state index contributed by atoms with van der Waals surface area (Å²) in [6.45, 7) is 1.64. The zero-order valence-electron chi connectivity index (χ0n) is 10.4. The van der Waals surface area contributed by atoms with Gasteiger partial charge in [0.25, 0.3) is 0 Å². The fraction of sp³-hybridized carbons (Fsp3) is 0.833. The van der Waals surface area contributed by atoms with E-state index in [0.29, 0.717) is 24.8 Å². The van der Waals surface area contributed by atoms with E-state index in [1.165, 1.54) is 0 Å². The largest absolute Gasteiger partial charge is 0.392 e. The number of rotatable bonds is 5. The number of hydrogen-bond acceptors (Lipinski definition) is 5. The first-order valence-corrected chi connectivity index (χ1v) is 5.90. The molecule has 5 nitrogen and oxygen atoms in total. The van der Waals surface area contributed by atoms with Crippen LogP contribution in [0.25, 0.3) is 0 Å². The molecule has 0 bridgehead atoms. The smallest absolute Gasteiger partial charge is 0.157 e. The fourth-order valence-electron chi connectivity index (χ4n) is 1.92. The molecule has 1 heterocycles. The molecule has 0 aromatic heterocycles. The third-order valence-corrected chi connectivity index (χ3v) is 3.11. The van der Waals surface area contributed by atoms with Gasteiger partial charge >= 0.3 is 0 Å². The number of ether oxygens (including phenoxy) is 2. The molecule has 100 valence electrons. The van der Waals surface area contributed by atoms with Crippen molar-refractivity contribution in [1.29, 1.82) is 0 Å². The van der Waals surface area contributed by atoms with Gasteiger partial charge in [-0.05, 0) is 18.9 Å². The van der Waals surface area contributed by atoms with Crippen molar-refractivity contribution in [3.8, 4) is 0 Å². The second-order valence-electron chi connectivity index (χ2n) is 4.37. The monoisotopic (exact) mass is 246 g/mol. The SMILES string of the molecule is COC1CC[C@H](O)[C@@H](CC(O)/C(C)=C\CO)O1. The highest BCUT2D eigenvalue weighted by molar-refractivity contribution is 5.05. The van der Waals surface area contributed by atoms with Gasteiger partial charge in [-0.1, -0.05) is 6.08 Å². The third-order valence-electron chi connectivity index (χ3n) is 3.11. The molecule has 0 saturated carbocycles. The van der Waals surface area contributed by atoms with E-state index < -0.39 is 18.3 Å². The van der Waals surface area contributed by atoms with Crippen LogP contribution >= 0.6 is 0 Å². The van der Waals surface area contributed by atoms with Crippen LogP contribution in [0.15, 0.2) is 11.6 Å². The van der Waals surface area contributed by atoms with Gasteiger partial charge in [0.05, 0.1) is 24.9 Å². The zero-order chi connectivity index (χ0) is 12.8. The molecule has 17 heavy (non-hydrogen) atoms. The first-order valence-electron chi connectivity index (χ1n) is 5.90. The van der Waals surface area contributed by atoms with Crippen molar-refractivity contribution in [3.63, 3.8) is 0 Å². The van der Waals surface area contributed by atoms with Gasteiger partial charge in [-0.15, -0.1) is 0 Å². The maximum absolute atomic E-state index is 9.87. The van der Waals surface area contributed by atoms with Crippen molar-refractivity contribution in [3.05, 3.63) is 11.6 Å². The predicted octanol–water partition coefficient (Wildman–Crippen LogP) is 0.188. The number of hydrogen-bond donors (Lipinski definition) is 3. The molecule has 1 aliphatic rings. The fourth-order valence-corrected chi connectivity index (χ4v) is 1.92. The summed E-state index contributed by atoms with van der Waals surface area (Å²) >= 11 is 0. The van der Waals surface area contributed by atoms with E-state index in [9.17, 15) is 10.2 Å². The van der Waals surface area contributed by atoms with Crippen LogP contribution in [0.5, 0.6) is 0 Å². The van der Waals surface area contributed by atoms with Gasteiger partial charge < -0.3 is 24.8 Å². The molecule has 0 radical (unpaired) electrons. The average Bonchev–Trinajstić information content (AvgIpc) is 2.32. The van der Waals surface area contributed by atoms with Gasteiger partial charge in [-0.3, -0.25) is 0 Å². The van der Waals surface area contributed by atoms with Crippen LogP contribution in [0.4, 0.5) is 0 Å². The number of aliphatic hydroxyl groups is 3. The average molecular weight is 246 g/mol. The molecule has 1 rings (SSSR count). The molecule has 1 saturated heterocycles. The Labute approximate surface area is 102 Å². The van der Waals surface area contributed by atoms with Gasteiger partial charge in [0.1, 0.15) is 0 Å². The summed E-state index contributed by atoms with van der Waals surface area (Å²) in [5.74, 6) is 0. The quantitative estimate of drug-likeness (QED) is 0.603. The summed E-state index contributed by atoms with van der Waals surface area (Å²) in [6, 6.07) is 0. The third kappa shape index (κ3) is 4.37. The molecule has 3 N–H and O–H groups in total. The number of aliphatic hydroxyl groups excluding tert-OH is 3. The highest BCUT2D eigenvalue weighted by Crippen LogP contribution is 2.24. The van der Waals surface area contributed by atoms with E-state index >= 15 is 0 Å². The zero-order valence-corrected chi connectivity index (χ0v) is 10.4.